The van der Waals surface area contributed by atoms with Crippen LogP contribution in [-0.2, 0) is 9.59 Å². The van der Waals surface area contributed by atoms with Crippen molar-refractivity contribution < 1.29 is 14.7 Å². The molecule has 10 heteroatoms. The van der Waals surface area contributed by atoms with Gasteiger partial charge in [-0.25, -0.2) is 0 Å². The summed E-state index contributed by atoms with van der Waals surface area (Å²) in [5, 5.41) is 34.6. The molecule has 1 aliphatic rings. The van der Waals surface area contributed by atoms with Crippen molar-refractivity contribution in [2.75, 3.05) is 5.32 Å². The van der Waals surface area contributed by atoms with Crippen molar-refractivity contribution in [1.29, 1.82) is 0 Å². The second-order valence-corrected chi connectivity index (χ2v) is 6.50. The molecule has 10 nitrogen and oxygen atoms in total. The molecule has 2 aromatic carbocycles. The van der Waals surface area contributed by atoms with Crippen molar-refractivity contribution >= 4 is 28.2 Å². The molecule has 1 fully saturated rings. The summed E-state index contributed by atoms with van der Waals surface area (Å²) in [5.41, 5.74) is 3.88. The minimum Gasteiger partial charge on any atom is -0.382 e. The largest absolute Gasteiger partial charge is 0.382 e. The number of Topliss-reactive ketones (excluding diaryl/α,β-unsaturated/α-hetero) is 2. The first kappa shape index (κ1) is 16.3. The van der Waals surface area contributed by atoms with Gasteiger partial charge in [-0.2, -0.15) is 10.3 Å². The van der Waals surface area contributed by atoms with Gasteiger partial charge in [0.2, 0.25) is 17.4 Å². The lowest BCUT2D eigenvalue weighted by Crippen LogP contribution is -2.61. The zero-order valence-corrected chi connectivity index (χ0v) is 14.2. The van der Waals surface area contributed by atoms with Crippen molar-refractivity contribution in [3.63, 3.8) is 0 Å². The normalized spacial score (nSPS) is 19.0. The van der Waals surface area contributed by atoms with Gasteiger partial charge in [-0.05, 0) is 46.7 Å². The second-order valence-electron chi connectivity index (χ2n) is 6.50. The van der Waals surface area contributed by atoms with E-state index in [0.29, 0.717) is 17.1 Å². The third-order valence-electron chi connectivity index (χ3n) is 4.74. The lowest BCUT2D eigenvalue weighted by molar-refractivity contribution is -0.152. The Labute approximate surface area is 157 Å². The minimum atomic E-state index is -1.34. The van der Waals surface area contributed by atoms with Crippen molar-refractivity contribution in [2.24, 2.45) is 0 Å². The van der Waals surface area contributed by atoms with Crippen LogP contribution in [0.15, 0.2) is 42.6 Å². The van der Waals surface area contributed by atoms with Gasteiger partial charge in [0.15, 0.2) is 0 Å². The number of hydrogen-bond acceptors (Lipinski definition) is 8. The molecule has 5 rings (SSSR count). The highest BCUT2D eigenvalue weighted by atomic mass is 16.3. The molecule has 0 saturated heterocycles. The highest BCUT2D eigenvalue weighted by Crippen LogP contribution is 2.31. The average molecular weight is 375 g/mol. The highest BCUT2D eigenvalue weighted by Gasteiger charge is 2.48. The maximum atomic E-state index is 11.7. The van der Waals surface area contributed by atoms with Crippen molar-refractivity contribution in [3.05, 3.63) is 42.6 Å². The molecule has 0 amide bonds. The Bertz CT molecular complexity index is 1220. The fourth-order valence-electron chi connectivity index (χ4n) is 3.23. The molecule has 2 unspecified atom stereocenters. The maximum Gasteiger partial charge on any atom is 0.231 e. The van der Waals surface area contributed by atoms with Gasteiger partial charge in [0.1, 0.15) is 12.1 Å². The molecule has 2 heterocycles. The van der Waals surface area contributed by atoms with E-state index >= 15 is 0 Å². The monoisotopic (exact) mass is 375 g/mol. The first-order chi connectivity index (χ1) is 13.6. The van der Waals surface area contributed by atoms with E-state index < -0.39 is 23.7 Å². The second kappa shape index (κ2) is 6.06. The summed E-state index contributed by atoms with van der Waals surface area (Å²) in [7, 11) is 0. The Hall–Kier alpha value is -3.92. The van der Waals surface area contributed by atoms with Gasteiger partial charge in [-0.15, -0.1) is 10.2 Å². The molecule has 1 saturated carbocycles. The average Bonchev–Trinajstić information content (AvgIpc) is 3.42. The Morgan fingerprint density at radius 2 is 1.86 bits per heavy atom. The number of nitrogens with zero attached hydrogens (tertiary/aromatic N) is 4. The van der Waals surface area contributed by atoms with Gasteiger partial charge in [-0.1, -0.05) is 6.07 Å². The van der Waals surface area contributed by atoms with Crippen LogP contribution in [0.5, 0.6) is 0 Å². The van der Waals surface area contributed by atoms with Gasteiger partial charge >= 0.3 is 0 Å². The molecule has 138 valence electrons. The lowest BCUT2D eigenvalue weighted by Gasteiger charge is -2.30. The van der Waals surface area contributed by atoms with E-state index in [1.807, 2.05) is 30.3 Å². The Morgan fingerprint density at radius 3 is 2.64 bits per heavy atom. The zero-order valence-electron chi connectivity index (χ0n) is 14.2. The molecule has 0 aliphatic heterocycles. The predicted molar refractivity (Wildman–Crippen MR) is 98.1 cm³/mol. The number of aliphatic hydroxyl groups is 1. The fraction of sp³-hybridized carbons (Fsp3) is 0.111. The van der Waals surface area contributed by atoms with Gasteiger partial charge < -0.3 is 10.4 Å². The number of ketones is 2. The van der Waals surface area contributed by atoms with Crippen LogP contribution in [0, 0.1) is 0 Å². The number of anilines is 1. The number of aromatic nitrogens is 6. The molecule has 0 spiro atoms. The van der Waals surface area contributed by atoms with E-state index in [0.717, 1.165) is 22.0 Å². The molecule has 1 aliphatic carbocycles. The first-order valence-electron chi connectivity index (χ1n) is 8.45. The lowest BCUT2D eigenvalue weighted by atomic mass is 9.85. The zero-order chi connectivity index (χ0) is 19.3. The van der Waals surface area contributed by atoms with Crippen LogP contribution in [-0.4, -0.2) is 59.6 Å². The standard InChI is InChI=1S/C18H13N7O3/c26-15-14(16(27)17(15)28)20-12-5-9(4-10(6-12)18-22-24-25-23-18)8-1-2-13-11(3-8)7-19-21-13/h1-7,14-15,20,26H,(H,19,21)(H,22,23,24,25). The Balaban J connectivity index is 1.59. The summed E-state index contributed by atoms with van der Waals surface area (Å²) < 4.78 is 0. The number of carbonyl (C=O) groups is 2. The summed E-state index contributed by atoms with van der Waals surface area (Å²) in [6.07, 6.45) is 0.391. The predicted octanol–water partition coefficient (Wildman–Crippen LogP) is 0.703. The third-order valence-corrected chi connectivity index (χ3v) is 4.74. The van der Waals surface area contributed by atoms with Crippen LogP contribution in [0.1, 0.15) is 0 Å². The number of H-pyrrole nitrogens is 2. The first-order valence-corrected chi connectivity index (χ1v) is 8.45. The topological polar surface area (TPSA) is 150 Å². The summed E-state index contributed by atoms with van der Waals surface area (Å²) in [6.45, 7) is 0. The van der Waals surface area contributed by atoms with E-state index in [4.69, 9.17) is 0 Å². The molecular formula is C18H13N7O3. The van der Waals surface area contributed by atoms with Crippen molar-refractivity contribution in [1.82, 2.24) is 30.8 Å². The van der Waals surface area contributed by atoms with E-state index in [9.17, 15) is 14.7 Å². The van der Waals surface area contributed by atoms with Crippen molar-refractivity contribution in [2.45, 2.75) is 12.1 Å². The van der Waals surface area contributed by atoms with Crippen LogP contribution < -0.4 is 5.32 Å². The number of fused-ring (bicyclic) bond motifs is 1. The molecule has 4 N–H and O–H groups in total. The van der Waals surface area contributed by atoms with Gasteiger partial charge in [0.25, 0.3) is 0 Å². The van der Waals surface area contributed by atoms with Crippen LogP contribution in [0.2, 0.25) is 0 Å². The number of rotatable bonds is 4. The smallest absolute Gasteiger partial charge is 0.231 e. The van der Waals surface area contributed by atoms with Crippen LogP contribution in [0.4, 0.5) is 5.69 Å². The minimum absolute atomic E-state index is 0.380. The molecule has 2 atom stereocenters. The number of benzene rings is 2. The molecule has 0 radical (unpaired) electrons. The highest BCUT2D eigenvalue weighted by molar-refractivity contribution is 6.49. The quantitative estimate of drug-likeness (QED) is 0.381. The summed E-state index contributed by atoms with van der Waals surface area (Å²) in [6, 6.07) is 10.3. The van der Waals surface area contributed by atoms with E-state index in [1.165, 1.54) is 0 Å². The number of carbonyl (C=O) groups excluding carboxylic acids is 2. The molecule has 2 aromatic heterocycles. The molecular weight excluding hydrogens is 362 g/mol. The van der Waals surface area contributed by atoms with E-state index in [2.05, 4.69) is 36.1 Å². The number of nitrogens with one attached hydrogen (secondary N) is 3. The van der Waals surface area contributed by atoms with Crippen LogP contribution in [0.25, 0.3) is 33.4 Å². The van der Waals surface area contributed by atoms with Crippen LogP contribution >= 0.6 is 0 Å². The van der Waals surface area contributed by atoms with Gasteiger partial charge in [-0.3, -0.25) is 14.7 Å². The third kappa shape index (κ3) is 2.55. The number of aromatic amines is 2. The van der Waals surface area contributed by atoms with E-state index in [-0.39, 0.29) is 0 Å². The SMILES string of the molecule is O=C1C(=O)C(Nc2cc(-c3ccc4[nH]ncc4c3)cc(-c3nn[nH]n3)c2)C1O. The maximum absolute atomic E-state index is 11.7. The number of tetrazole rings is 1. The molecule has 4 aromatic rings. The molecule has 28 heavy (non-hydrogen) atoms. The summed E-state index contributed by atoms with van der Waals surface area (Å²) in [5.74, 6) is -1.04. The summed E-state index contributed by atoms with van der Waals surface area (Å²) >= 11 is 0. The van der Waals surface area contributed by atoms with Gasteiger partial charge in [0, 0.05) is 16.6 Å². The number of hydrogen-bond donors (Lipinski definition) is 4. The fourth-order valence-corrected chi connectivity index (χ4v) is 3.23. The Morgan fingerprint density at radius 1 is 1.00 bits per heavy atom. The van der Waals surface area contributed by atoms with Crippen molar-refractivity contribution in [3.8, 4) is 22.5 Å². The Kier molecular flexibility index (Phi) is 3.52. The van der Waals surface area contributed by atoms with Crippen LogP contribution in [0.3, 0.4) is 0 Å². The molecule has 0 bridgehead atoms. The number of aliphatic hydroxyl groups excluding tert-OH is 1. The van der Waals surface area contributed by atoms with E-state index in [1.54, 1.807) is 12.3 Å². The van der Waals surface area contributed by atoms with Gasteiger partial charge in [0.05, 0.1) is 11.7 Å². The summed E-state index contributed by atoms with van der Waals surface area (Å²) in [4.78, 5) is 23.1.